The molecule has 2 nitrogen and oxygen atoms in total. The Kier molecular flexibility index (Phi) is 2.14. The van der Waals surface area contributed by atoms with Crippen LogP contribution in [0.4, 0.5) is 8.78 Å². The van der Waals surface area contributed by atoms with Gasteiger partial charge in [0.25, 0.3) is 0 Å². The topological polar surface area (TPSA) is 22.1 Å². The van der Waals surface area contributed by atoms with Crippen LogP contribution in [0.1, 0.15) is 5.56 Å². The number of aromatic nitrogens is 1. The molecule has 1 rings (SSSR count). The lowest BCUT2D eigenvalue weighted by atomic mass is 10.3. The zero-order valence-electron chi connectivity index (χ0n) is 5.84. The fourth-order valence-electron chi connectivity index (χ4n) is 0.598. The van der Waals surface area contributed by atoms with E-state index in [4.69, 9.17) is 0 Å². The summed E-state index contributed by atoms with van der Waals surface area (Å²) in [5.41, 5.74) is -0.359. The number of hydrogen-bond donors (Lipinski definition) is 0. The molecule has 0 aromatic carbocycles. The fraction of sp³-hybridized carbons (Fsp3) is 0.286. The minimum absolute atomic E-state index is 0.359. The molecule has 0 aliphatic rings. The molecule has 0 amide bonds. The van der Waals surface area contributed by atoms with Crippen molar-refractivity contribution in [1.29, 1.82) is 0 Å². The summed E-state index contributed by atoms with van der Waals surface area (Å²) in [5.74, 6) is 0. The second kappa shape index (κ2) is 2.92. The van der Waals surface area contributed by atoms with Crippen LogP contribution in [0.3, 0.4) is 0 Å². The number of nitrogens with zero attached hydrogens (tertiary/aromatic N) is 1. The van der Waals surface area contributed by atoms with Crippen LogP contribution < -0.4 is 0 Å². The van der Waals surface area contributed by atoms with Gasteiger partial charge in [0.05, 0.1) is 5.56 Å². The zero-order chi connectivity index (χ0) is 8.32. The SMILES string of the molecule is COC(F)(F)c1[c]nccc1. The Balaban J connectivity index is 2.93. The molecule has 0 aliphatic carbocycles. The minimum Gasteiger partial charge on any atom is -0.320 e. The van der Waals surface area contributed by atoms with E-state index in [9.17, 15) is 8.78 Å². The van der Waals surface area contributed by atoms with Gasteiger partial charge in [0.2, 0.25) is 0 Å². The third-order valence-electron chi connectivity index (χ3n) is 1.18. The number of alkyl halides is 2. The van der Waals surface area contributed by atoms with E-state index in [1.807, 2.05) is 0 Å². The Morgan fingerprint density at radius 3 is 2.82 bits per heavy atom. The molecule has 0 saturated carbocycles. The van der Waals surface area contributed by atoms with E-state index in [-0.39, 0.29) is 5.56 Å². The summed E-state index contributed by atoms with van der Waals surface area (Å²) in [6.07, 6.45) is 0.221. The maximum atomic E-state index is 12.6. The molecule has 4 heteroatoms. The standard InChI is InChI=1S/C7H6F2NO/c1-11-7(8,9)6-3-2-4-10-5-6/h2-4H,1H3. The van der Waals surface area contributed by atoms with E-state index in [0.717, 1.165) is 7.11 Å². The first-order chi connectivity index (χ1) is 5.17. The van der Waals surface area contributed by atoms with Crippen LogP contribution in [-0.2, 0) is 10.8 Å². The summed E-state index contributed by atoms with van der Waals surface area (Å²) in [4.78, 5) is 3.41. The van der Waals surface area contributed by atoms with Crippen LogP contribution in [-0.4, -0.2) is 12.1 Å². The van der Waals surface area contributed by atoms with Crippen LogP contribution in [0.25, 0.3) is 0 Å². The van der Waals surface area contributed by atoms with E-state index in [0.29, 0.717) is 0 Å². The molecule has 1 radical (unpaired) electrons. The van der Waals surface area contributed by atoms with Gasteiger partial charge in [-0.05, 0) is 12.1 Å². The lowest BCUT2D eigenvalue weighted by molar-refractivity contribution is -0.231. The smallest absolute Gasteiger partial charge is 0.320 e. The van der Waals surface area contributed by atoms with E-state index in [2.05, 4.69) is 15.9 Å². The largest absolute Gasteiger partial charge is 0.385 e. The highest BCUT2D eigenvalue weighted by Gasteiger charge is 2.31. The van der Waals surface area contributed by atoms with Crippen LogP contribution in [0.5, 0.6) is 0 Å². The van der Waals surface area contributed by atoms with Crippen molar-refractivity contribution in [3.63, 3.8) is 0 Å². The highest BCUT2D eigenvalue weighted by atomic mass is 19.3. The number of ether oxygens (including phenoxy) is 1. The molecule has 0 fully saturated rings. The van der Waals surface area contributed by atoms with Crippen molar-refractivity contribution in [3.8, 4) is 0 Å². The van der Waals surface area contributed by atoms with E-state index >= 15 is 0 Å². The van der Waals surface area contributed by atoms with Crippen LogP contribution in [0.2, 0.25) is 0 Å². The normalized spacial score (nSPS) is 11.5. The average Bonchev–Trinajstić information content (AvgIpc) is 2.06. The van der Waals surface area contributed by atoms with Gasteiger partial charge < -0.3 is 4.74 Å². The molecule has 1 heterocycles. The maximum absolute atomic E-state index is 12.6. The third-order valence-corrected chi connectivity index (χ3v) is 1.18. The molecule has 59 valence electrons. The summed E-state index contributed by atoms with van der Waals surface area (Å²) in [5, 5.41) is 0. The highest BCUT2D eigenvalue weighted by Crippen LogP contribution is 2.26. The molecule has 0 bridgehead atoms. The Morgan fingerprint density at radius 2 is 2.36 bits per heavy atom. The van der Waals surface area contributed by atoms with Gasteiger partial charge in [-0.2, -0.15) is 8.78 Å². The summed E-state index contributed by atoms with van der Waals surface area (Å²) >= 11 is 0. The van der Waals surface area contributed by atoms with Crippen molar-refractivity contribution < 1.29 is 13.5 Å². The van der Waals surface area contributed by atoms with Crippen LogP contribution in [0, 0.1) is 6.20 Å². The van der Waals surface area contributed by atoms with Crippen molar-refractivity contribution in [2.75, 3.05) is 7.11 Å². The molecule has 0 saturated heterocycles. The third kappa shape index (κ3) is 1.71. The van der Waals surface area contributed by atoms with Crippen LogP contribution in [0.15, 0.2) is 18.3 Å². The molecular weight excluding hydrogens is 152 g/mol. The number of hydrogen-bond acceptors (Lipinski definition) is 2. The first-order valence-corrected chi connectivity index (χ1v) is 2.93. The molecule has 0 aliphatic heterocycles. The first-order valence-electron chi connectivity index (χ1n) is 2.93. The van der Waals surface area contributed by atoms with Crippen molar-refractivity contribution >= 4 is 0 Å². The van der Waals surface area contributed by atoms with E-state index < -0.39 is 6.11 Å². The molecule has 1 aromatic heterocycles. The van der Waals surface area contributed by atoms with Crippen molar-refractivity contribution in [2.45, 2.75) is 6.11 Å². The summed E-state index contributed by atoms with van der Waals surface area (Å²) < 4.78 is 29.1. The maximum Gasteiger partial charge on any atom is 0.385 e. The van der Waals surface area contributed by atoms with Crippen LogP contribution >= 0.6 is 0 Å². The first kappa shape index (κ1) is 8.07. The van der Waals surface area contributed by atoms with Gasteiger partial charge in [0.15, 0.2) is 0 Å². The Morgan fingerprint density at radius 1 is 1.64 bits per heavy atom. The van der Waals surface area contributed by atoms with E-state index in [1.165, 1.54) is 18.3 Å². The average molecular weight is 158 g/mol. The monoisotopic (exact) mass is 158 g/mol. The van der Waals surface area contributed by atoms with Gasteiger partial charge in [0, 0.05) is 13.3 Å². The molecule has 11 heavy (non-hydrogen) atoms. The lowest BCUT2D eigenvalue weighted by Crippen LogP contribution is -2.15. The predicted molar refractivity (Wildman–Crippen MR) is 34.0 cm³/mol. The molecule has 0 N–H and O–H groups in total. The summed E-state index contributed by atoms with van der Waals surface area (Å²) in [7, 11) is 0.931. The molecule has 0 unspecified atom stereocenters. The second-order valence-corrected chi connectivity index (χ2v) is 1.88. The highest BCUT2D eigenvalue weighted by molar-refractivity contribution is 5.10. The number of pyridine rings is 1. The van der Waals surface area contributed by atoms with Gasteiger partial charge in [0.1, 0.15) is 6.20 Å². The molecule has 0 atom stereocenters. The number of methoxy groups -OCH3 is 1. The van der Waals surface area contributed by atoms with Gasteiger partial charge in [-0.15, -0.1) is 0 Å². The molecule has 0 spiro atoms. The Hall–Kier alpha value is -1.03. The second-order valence-electron chi connectivity index (χ2n) is 1.88. The Labute approximate surface area is 62.8 Å². The van der Waals surface area contributed by atoms with Gasteiger partial charge >= 0.3 is 6.11 Å². The fourth-order valence-corrected chi connectivity index (χ4v) is 0.598. The predicted octanol–water partition coefficient (Wildman–Crippen LogP) is 1.58. The van der Waals surface area contributed by atoms with Crippen molar-refractivity contribution in [2.24, 2.45) is 0 Å². The Bertz CT molecular complexity index is 225. The molecular formula is C7H6F2NO. The molecule has 1 aromatic rings. The summed E-state index contributed by atoms with van der Waals surface area (Å²) in [6.45, 7) is 0. The number of halogens is 2. The zero-order valence-corrected chi connectivity index (χ0v) is 5.84. The lowest BCUT2D eigenvalue weighted by Gasteiger charge is -2.11. The summed E-state index contributed by atoms with van der Waals surface area (Å²) in [6, 6.07) is 2.61. The number of rotatable bonds is 2. The van der Waals surface area contributed by atoms with Gasteiger partial charge in [-0.3, -0.25) is 4.98 Å². The van der Waals surface area contributed by atoms with Crippen molar-refractivity contribution in [3.05, 3.63) is 30.1 Å². The van der Waals surface area contributed by atoms with Crippen molar-refractivity contribution in [1.82, 2.24) is 4.98 Å². The van der Waals surface area contributed by atoms with Gasteiger partial charge in [-0.25, -0.2) is 0 Å². The van der Waals surface area contributed by atoms with Gasteiger partial charge in [-0.1, -0.05) is 0 Å². The quantitative estimate of drug-likeness (QED) is 0.651. The minimum atomic E-state index is -3.28. The van der Waals surface area contributed by atoms with E-state index in [1.54, 1.807) is 0 Å².